The number of sulfonamides is 1. The van der Waals surface area contributed by atoms with Gasteiger partial charge in [-0.2, -0.15) is 4.31 Å². The molecule has 0 unspecified atom stereocenters. The summed E-state index contributed by atoms with van der Waals surface area (Å²) in [5, 5.41) is 14.9. The lowest BCUT2D eigenvalue weighted by molar-refractivity contribution is -0.113. The monoisotopic (exact) mass is 498 g/mol. The minimum atomic E-state index is -3.71. The number of hydrogen-bond donors (Lipinski definition) is 1. The number of morpholine rings is 1. The average Bonchev–Trinajstić information content (AvgIpc) is 3.50. The van der Waals surface area contributed by atoms with Crippen LogP contribution in [0.25, 0.3) is 0 Å². The minimum Gasteiger partial charge on any atom is -0.495 e. The average molecular weight is 499 g/mol. The number of ether oxygens (including phenoxy) is 3. The second-order valence-electron chi connectivity index (χ2n) is 7.49. The molecule has 2 aliphatic heterocycles. The molecule has 2 fully saturated rings. The van der Waals surface area contributed by atoms with Crippen molar-refractivity contribution in [2.45, 2.75) is 35.5 Å². The molecule has 180 valence electrons. The van der Waals surface area contributed by atoms with Crippen molar-refractivity contribution >= 4 is 33.4 Å². The summed E-state index contributed by atoms with van der Waals surface area (Å²) < 4.78 is 45.1. The van der Waals surface area contributed by atoms with E-state index in [1.165, 1.54) is 41.4 Å². The summed E-state index contributed by atoms with van der Waals surface area (Å²) in [6.07, 6.45) is 2.04. The van der Waals surface area contributed by atoms with E-state index in [0.717, 1.165) is 19.4 Å². The van der Waals surface area contributed by atoms with Crippen molar-refractivity contribution in [2.24, 2.45) is 0 Å². The van der Waals surface area contributed by atoms with Gasteiger partial charge >= 0.3 is 0 Å². The van der Waals surface area contributed by atoms with Gasteiger partial charge in [-0.1, -0.05) is 11.8 Å². The predicted octanol–water partition coefficient (Wildman–Crippen LogP) is 0.612. The third-order valence-corrected chi connectivity index (χ3v) is 8.14. The maximum absolute atomic E-state index is 13.0. The van der Waals surface area contributed by atoms with Crippen LogP contribution in [0.3, 0.4) is 0 Å². The first-order valence-electron chi connectivity index (χ1n) is 10.5. The van der Waals surface area contributed by atoms with Gasteiger partial charge in [-0.05, 0) is 41.5 Å². The van der Waals surface area contributed by atoms with Gasteiger partial charge in [-0.25, -0.2) is 13.1 Å². The first-order valence-corrected chi connectivity index (χ1v) is 13.0. The molecular formula is C19H26N6O6S2. The molecule has 2 aromatic rings. The lowest BCUT2D eigenvalue weighted by atomic mass is 10.2. The highest BCUT2D eigenvalue weighted by Gasteiger charge is 2.27. The van der Waals surface area contributed by atoms with E-state index in [4.69, 9.17) is 14.2 Å². The van der Waals surface area contributed by atoms with Crippen molar-refractivity contribution in [1.29, 1.82) is 0 Å². The normalized spacial score (nSPS) is 19.5. The highest BCUT2D eigenvalue weighted by Crippen LogP contribution is 2.29. The van der Waals surface area contributed by atoms with Crippen LogP contribution in [0.4, 0.5) is 5.69 Å². The lowest BCUT2D eigenvalue weighted by Gasteiger charge is -2.26. The van der Waals surface area contributed by atoms with Crippen LogP contribution in [-0.4, -0.2) is 90.7 Å². The van der Waals surface area contributed by atoms with E-state index in [-0.39, 0.29) is 41.4 Å². The standard InChI is InChI=1S/C19H26N6O6S2/c1-29-17-5-4-15(33(27,28)24-6-9-30-10-7-24)11-16(17)20-18(26)13-32-19-21-22-23-25(19)12-14-3-2-8-31-14/h4-5,11,14H,2-3,6-10,12-13H2,1H3,(H,20,26)/t14-/m1/s1. The van der Waals surface area contributed by atoms with E-state index in [1.807, 2.05) is 0 Å². The molecule has 0 bridgehead atoms. The third kappa shape index (κ3) is 5.81. The van der Waals surface area contributed by atoms with Gasteiger partial charge in [-0.15, -0.1) is 5.10 Å². The van der Waals surface area contributed by atoms with Crippen LogP contribution in [0, 0.1) is 0 Å². The van der Waals surface area contributed by atoms with E-state index in [9.17, 15) is 13.2 Å². The zero-order chi connectivity index (χ0) is 23.3. The van der Waals surface area contributed by atoms with E-state index < -0.39 is 10.0 Å². The maximum atomic E-state index is 13.0. The molecule has 1 amide bonds. The largest absolute Gasteiger partial charge is 0.495 e. The highest BCUT2D eigenvalue weighted by molar-refractivity contribution is 7.99. The number of nitrogens with one attached hydrogen (secondary N) is 1. The number of amides is 1. The molecule has 0 spiro atoms. The molecule has 0 radical (unpaired) electrons. The van der Waals surface area contributed by atoms with E-state index in [2.05, 4.69) is 20.8 Å². The first-order chi connectivity index (χ1) is 16.0. The highest BCUT2D eigenvalue weighted by atomic mass is 32.2. The summed E-state index contributed by atoms with van der Waals surface area (Å²) in [6.45, 7) is 2.54. The first kappa shape index (κ1) is 23.9. The zero-order valence-electron chi connectivity index (χ0n) is 18.2. The van der Waals surface area contributed by atoms with Gasteiger partial charge in [0.05, 0.1) is 49.3 Å². The molecule has 1 atom stereocenters. The van der Waals surface area contributed by atoms with Crippen LogP contribution in [0.2, 0.25) is 0 Å². The molecule has 1 aromatic carbocycles. The molecule has 4 rings (SSSR count). The quantitative estimate of drug-likeness (QED) is 0.490. The number of benzene rings is 1. The number of anilines is 1. The molecule has 2 aliphatic rings. The Morgan fingerprint density at radius 2 is 2.12 bits per heavy atom. The number of rotatable bonds is 9. The van der Waals surface area contributed by atoms with Crippen molar-refractivity contribution < 1.29 is 27.4 Å². The fourth-order valence-corrected chi connectivity index (χ4v) is 5.71. The molecule has 12 nitrogen and oxygen atoms in total. The maximum Gasteiger partial charge on any atom is 0.243 e. The Morgan fingerprint density at radius 1 is 1.30 bits per heavy atom. The predicted molar refractivity (Wildman–Crippen MR) is 119 cm³/mol. The van der Waals surface area contributed by atoms with E-state index in [0.29, 0.717) is 30.7 Å². The summed E-state index contributed by atoms with van der Waals surface area (Å²) in [7, 11) is -2.26. The number of nitrogens with zero attached hydrogens (tertiary/aromatic N) is 5. The molecular weight excluding hydrogens is 472 g/mol. The molecule has 0 saturated carbocycles. The molecule has 2 saturated heterocycles. The van der Waals surface area contributed by atoms with Crippen LogP contribution in [-0.2, 0) is 30.8 Å². The summed E-state index contributed by atoms with van der Waals surface area (Å²) in [5.74, 6) is 0.0542. The number of carbonyl (C=O) groups excluding carboxylic acids is 1. The fourth-order valence-electron chi connectivity index (χ4n) is 3.59. The number of thioether (sulfide) groups is 1. The molecule has 14 heteroatoms. The Bertz CT molecular complexity index is 1070. The molecule has 33 heavy (non-hydrogen) atoms. The van der Waals surface area contributed by atoms with Gasteiger partial charge < -0.3 is 19.5 Å². The Balaban J connectivity index is 1.41. The van der Waals surface area contributed by atoms with Crippen molar-refractivity contribution in [3.8, 4) is 5.75 Å². The summed E-state index contributed by atoms with van der Waals surface area (Å²) >= 11 is 1.19. The number of aromatic nitrogens is 4. The van der Waals surface area contributed by atoms with Crippen molar-refractivity contribution in [3.63, 3.8) is 0 Å². The van der Waals surface area contributed by atoms with Crippen LogP contribution < -0.4 is 10.1 Å². The Morgan fingerprint density at radius 3 is 2.85 bits per heavy atom. The van der Waals surface area contributed by atoms with Crippen LogP contribution in [0.1, 0.15) is 12.8 Å². The van der Waals surface area contributed by atoms with Crippen LogP contribution >= 0.6 is 11.8 Å². The lowest BCUT2D eigenvalue weighted by Crippen LogP contribution is -2.40. The van der Waals surface area contributed by atoms with Crippen LogP contribution in [0.15, 0.2) is 28.3 Å². The topological polar surface area (TPSA) is 138 Å². The molecule has 0 aliphatic carbocycles. The summed E-state index contributed by atoms with van der Waals surface area (Å²) in [5.41, 5.74) is 0.274. The van der Waals surface area contributed by atoms with Crippen molar-refractivity contribution in [3.05, 3.63) is 18.2 Å². The molecule has 1 aromatic heterocycles. The Labute approximate surface area is 196 Å². The number of methoxy groups -OCH3 is 1. The Kier molecular flexibility index (Phi) is 7.80. The number of tetrazole rings is 1. The minimum absolute atomic E-state index is 0.0372. The molecule has 3 heterocycles. The number of carbonyl (C=O) groups is 1. The Hall–Kier alpha value is -2.26. The van der Waals surface area contributed by atoms with Crippen LogP contribution in [0.5, 0.6) is 5.75 Å². The second-order valence-corrected chi connectivity index (χ2v) is 10.4. The van der Waals surface area contributed by atoms with Gasteiger partial charge in [0.25, 0.3) is 0 Å². The van der Waals surface area contributed by atoms with Gasteiger partial charge in [0, 0.05) is 19.7 Å². The zero-order valence-corrected chi connectivity index (χ0v) is 19.8. The van der Waals surface area contributed by atoms with Crippen molar-refractivity contribution in [2.75, 3.05) is 51.1 Å². The summed E-state index contributed by atoms with van der Waals surface area (Å²) in [4.78, 5) is 12.7. The van der Waals surface area contributed by atoms with Gasteiger partial charge in [0.1, 0.15) is 5.75 Å². The fraction of sp³-hybridized carbons (Fsp3) is 0.579. The number of hydrogen-bond acceptors (Lipinski definition) is 10. The smallest absolute Gasteiger partial charge is 0.243 e. The van der Waals surface area contributed by atoms with Gasteiger partial charge in [0.2, 0.25) is 21.1 Å². The van der Waals surface area contributed by atoms with Gasteiger partial charge in [-0.3, -0.25) is 4.79 Å². The molecule has 1 N–H and O–H groups in total. The van der Waals surface area contributed by atoms with Gasteiger partial charge in [0.15, 0.2) is 0 Å². The van der Waals surface area contributed by atoms with E-state index >= 15 is 0 Å². The van der Waals surface area contributed by atoms with E-state index in [1.54, 1.807) is 4.68 Å². The van der Waals surface area contributed by atoms with Crippen molar-refractivity contribution in [1.82, 2.24) is 24.5 Å². The summed E-state index contributed by atoms with van der Waals surface area (Å²) in [6, 6.07) is 4.40. The second kappa shape index (κ2) is 10.8. The SMILES string of the molecule is COc1ccc(S(=O)(=O)N2CCOCC2)cc1NC(=O)CSc1nnnn1C[C@H]1CCCO1. The third-order valence-electron chi connectivity index (χ3n) is 5.28.